The lowest BCUT2D eigenvalue weighted by molar-refractivity contribution is 0.0917. The van der Waals surface area contributed by atoms with Crippen LogP contribution >= 0.6 is 0 Å². The van der Waals surface area contributed by atoms with E-state index in [9.17, 15) is 13.2 Å². The first-order valence-electron chi connectivity index (χ1n) is 13.7. The summed E-state index contributed by atoms with van der Waals surface area (Å²) in [5.41, 5.74) is 14.6. The van der Waals surface area contributed by atoms with E-state index in [0.29, 0.717) is 28.1 Å². The Balaban J connectivity index is 1.62. The summed E-state index contributed by atoms with van der Waals surface area (Å²) in [5.74, 6) is -0.223. The van der Waals surface area contributed by atoms with Gasteiger partial charge in [0.25, 0.3) is 5.91 Å². The van der Waals surface area contributed by atoms with Crippen LogP contribution in [0.1, 0.15) is 68.1 Å². The van der Waals surface area contributed by atoms with Gasteiger partial charge in [-0.1, -0.05) is 42.5 Å². The third kappa shape index (κ3) is 5.11. The van der Waals surface area contributed by atoms with Crippen molar-refractivity contribution in [3.8, 4) is 0 Å². The van der Waals surface area contributed by atoms with Gasteiger partial charge in [0, 0.05) is 40.5 Å². The summed E-state index contributed by atoms with van der Waals surface area (Å²) in [7, 11) is -3.59. The summed E-state index contributed by atoms with van der Waals surface area (Å²) < 4.78 is 27.8. The summed E-state index contributed by atoms with van der Waals surface area (Å²) >= 11 is 0. The number of nitrogen functional groups attached to an aromatic ring is 1. The third-order valence-corrected chi connectivity index (χ3v) is 10.5. The van der Waals surface area contributed by atoms with E-state index in [1.54, 1.807) is 39.0 Å². The molecule has 9 heteroatoms. The van der Waals surface area contributed by atoms with Crippen molar-refractivity contribution in [2.24, 2.45) is 11.5 Å². The number of nitrogens with two attached hydrogens (primary N) is 2. The maximum Gasteiger partial charge on any atom is 0.268 e. The molecule has 1 aliphatic carbocycles. The van der Waals surface area contributed by atoms with Crippen molar-refractivity contribution in [2.75, 3.05) is 0 Å². The van der Waals surface area contributed by atoms with Gasteiger partial charge in [-0.15, -0.1) is 0 Å². The summed E-state index contributed by atoms with van der Waals surface area (Å²) in [6, 6.07) is 18.6. The molecule has 0 saturated heterocycles. The molecule has 0 aliphatic heterocycles. The summed E-state index contributed by atoms with van der Waals surface area (Å²) in [6.07, 6.45) is 3.45. The average Bonchev–Trinajstić information content (AvgIpc) is 3.27. The lowest BCUT2D eigenvalue weighted by Crippen LogP contribution is -2.41. The van der Waals surface area contributed by atoms with Crippen molar-refractivity contribution in [3.05, 3.63) is 77.5 Å². The fourth-order valence-electron chi connectivity index (χ4n) is 5.52. The molecule has 3 aromatic carbocycles. The molecule has 40 heavy (non-hydrogen) atoms. The number of benzene rings is 3. The number of amides is 1. The first-order chi connectivity index (χ1) is 18.9. The molecule has 8 nitrogen and oxygen atoms in total. The fraction of sp³-hybridized carbons (Fsp3) is 0.355. The Hall–Kier alpha value is -3.69. The Morgan fingerprint density at radius 3 is 2.35 bits per heavy atom. The average molecular weight is 560 g/mol. The zero-order valence-electron chi connectivity index (χ0n) is 23.2. The van der Waals surface area contributed by atoms with Crippen LogP contribution in [-0.4, -0.2) is 41.6 Å². The number of sulfone groups is 1. The second-order valence-corrected chi connectivity index (χ2v) is 14.4. The van der Waals surface area contributed by atoms with Gasteiger partial charge in [0.05, 0.1) is 9.64 Å². The van der Waals surface area contributed by atoms with Crippen molar-refractivity contribution in [3.63, 3.8) is 0 Å². The maximum absolute atomic E-state index is 13.6. The van der Waals surface area contributed by atoms with Crippen LogP contribution < -0.4 is 16.8 Å². The molecule has 0 bridgehead atoms. The van der Waals surface area contributed by atoms with E-state index in [1.807, 2.05) is 47.0 Å². The number of nitrogens with one attached hydrogen (secondary N) is 2. The molecule has 1 saturated carbocycles. The fourth-order valence-corrected chi connectivity index (χ4v) is 6.91. The van der Waals surface area contributed by atoms with Crippen molar-refractivity contribution in [1.29, 1.82) is 5.41 Å². The zero-order valence-corrected chi connectivity index (χ0v) is 24.0. The molecule has 0 atom stereocenters. The Bertz CT molecular complexity index is 1730. The highest BCUT2D eigenvalue weighted by atomic mass is 32.2. The number of hydrogen-bond donors (Lipinski definition) is 4. The molecule has 5 rings (SSSR count). The van der Waals surface area contributed by atoms with Gasteiger partial charge in [-0.3, -0.25) is 10.2 Å². The first-order valence-corrected chi connectivity index (χ1v) is 15.1. The van der Waals surface area contributed by atoms with Crippen molar-refractivity contribution in [2.45, 2.75) is 74.7 Å². The lowest BCUT2D eigenvalue weighted by Gasteiger charge is -2.27. The third-order valence-electron chi connectivity index (χ3n) is 7.95. The monoisotopic (exact) mass is 559 g/mol. The van der Waals surface area contributed by atoms with E-state index < -0.39 is 14.6 Å². The molecule has 210 valence electrons. The van der Waals surface area contributed by atoms with Crippen LogP contribution in [0.5, 0.6) is 0 Å². The number of amidine groups is 1. The van der Waals surface area contributed by atoms with Crippen molar-refractivity contribution >= 4 is 43.3 Å². The van der Waals surface area contributed by atoms with Crippen molar-refractivity contribution < 1.29 is 13.2 Å². The minimum Gasteiger partial charge on any atom is -0.384 e. The number of hydrogen-bond acceptors (Lipinski definition) is 5. The smallest absolute Gasteiger partial charge is 0.268 e. The molecule has 1 aromatic heterocycles. The SMILES string of the molecule is CC(C)(C)S(=O)(=O)c1cccc2c(Cn3c(C(=O)NC4CCC(N)CC4)cc4ccc(C(=N)N)cc43)cccc12. The molecular weight excluding hydrogens is 522 g/mol. The normalized spacial score (nSPS) is 18.2. The largest absolute Gasteiger partial charge is 0.384 e. The van der Waals surface area contributed by atoms with Gasteiger partial charge in [-0.2, -0.15) is 0 Å². The minimum absolute atomic E-state index is 0.0543. The highest BCUT2D eigenvalue weighted by molar-refractivity contribution is 7.93. The number of fused-ring (bicyclic) bond motifs is 2. The maximum atomic E-state index is 13.6. The van der Waals surface area contributed by atoms with Crippen LogP contribution in [-0.2, 0) is 16.4 Å². The predicted molar refractivity (Wildman–Crippen MR) is 161 cm³/mol. The minimum atomic E-state index is -3.59. The molecule has 1 amide bonds. The zero-order chi connectivity index (χ0) is 28.8. The molecule has 4 aromatic rings. The van der Waals surface area contributed by atoms with Gasteiger partial charge >= 0.3 is 0 Å². The highest BCUT2D eigenvalue weighted by Gasteiger charge is 2.32. The lowest BCUT2D eigenvalue weighted by atomic mass is 9.92. The van der Waals surface area contributed by atoms with E-state index in [1.165, 1.54) is 0 Å². The topological polar surface area (TPSA) is 144 Å². The Labute approximate surface area is 235 Å². The van der Waals surface area contributed by atoms with Gasteiger partial charge in [0.15, 0.2) is 9.84 Å². The van der Waals surface area contributed by atoms with Gasteiger partial charge in [-0.05, 0) is 75.6 Å². The van der Waals surface area contributed by atoms with E-state index in [2.05, 4.69) is 5.32 Å². The first kappa shape index (κ1) is 27.9. The van der Waals surface area contributed by atoms with Crippen LogP contribution in [0.15, 0.2) is 65.6 Å². The standard InChI is InChI=1S/C31H37N5O3S/c1-31(2,3)40(38,39)28-9-5-7-24-21(6-4-8-25(24)28)18-36-26-17-20(29(33)34)11-10-19(26)16-27(36)30(37)35-23-14-12-22(32)13-15-23/h4-11,16-17,22-23H,12-15,18,32H2,1-3H3,(H3,33,34)(H,35,37). The van der Waals surface area contributed by atoms with Gasteiger partial charge in [0.1, 0.15) is 11.5 Å². The van der Waals surface area contributed by atoms with Gasteiger partial charge in [0.2, 0.25) is 0 Å². The van der Waals surface area contributed by atoms with Crippen LogP contribution in [0, 0.1) is 5.41 Å². The molecule has 0 spiro atoms. The second-order valence-electron chi connectivity index (χ2n) is 11.8. The molecule has 0 unspecified atom stereocenters. The number of carbonyl (C=O) groups is 1. The van der Waals surface area contributed by atoms with E-state index in [-0.39, 0.29) is 23.8 Å². The number of carbonyl (C=O) groups excluding carboxylic acids is 1. The predicted octanol–water partition coefficient (Wildman–Crippen LogP) is 4.70. The van der Waals surface area contributed by atoms with Crippen molar-refractivity contribution in [1.82, 2.24) is 9.88 Å². The summed E-state index contributed by atoms with van der Waals surface area (Å²) in [6.45, 7) is 5.44. The second kappa shape index (κ2) is 10.4. The Morgan fingerprint density at radius 2 is 1.68 bits per heavy atom. The summed E-state index contributed by atoms with van der Waals surface area (Å²) in [4.78, 5) is 13.9. The number of nitrogens with zero attached hydrogens (tertiary/aromatic N) is 1. The summed E-state index contributed by atoms with van der Waals surface area (Å²) in [5, 5.41) is 13.5. The molecule has 1 aliphatic rings. The molecule has 1 heterocycles. The Morgan fingerprint density at radius 1 is 1.00 bits per heavy atom. The molecule has 1 fully saturated rings. The quantitative estimate of drug-likeness (QED) is 0.200. The molecule has 6 N–H and O–H groups in total. The van der Waals surface area contributed by atoms with Crippen LogP contribution in [0.4, 0.5) is 0 Å². The van der Waals surface area contributed by atoms with E-state index >= 15 is 0 Å². The molecular formula is C31H37N5O3S. The van der Waals surface area contributed by atoms with E-state index in [0.717, 1.165) is 47.5 Å². The number of rotatable bonds is 6. The molecule has 0 radical (unpaired) electrons. The highest BCUT2D eigenvalue weighted by Crippen LogP contribution is 2.33. The Kier molecular flexibility index (Phi) is 7.22. The van der Waals surface area contributed by atoms with Crippen LogP contribution in [0.25, 0.3) is 21.7 Å². The van der Waals surface area contributed by atoms with Gasteiger partial charge < -0.3 is 21.4 Å². The number of aromatic nitrogens is 1. The van der Waals surface area contributed by atoms with Gasteiger partial charge in [-0.25, -0.2) is 8.42 Å². The van der Waals surface area contributed by atoms with Crippen LogP contribution in [0.2, 0.25) is 0 Å². The van der Waals surface area contributed by atoms with E-state index in [4.69, 9.17) is 16.9 Å². The van der Waals surface area contributed by atoms with Crippen LogP contribution in [0.3, 0.4) is 0 Å².